The minimum absolute atomic E-state index is 0.00520. The van der Waals surface area contributed by atoms with Gasteiger partial charge in [-0.05, 0) is 55.7 Å². The van der Waals surface area contributed by atoms with E-state index < -0.39 is 35.7 Å². The van der Waals surface area contributed by atoms with Gasteiger partial charge in [-0.2, -0.15) is 26.3 Å². The number of benzene rings is 1. The summed E-state index contributed by atoms with van der Waals surface area (Å²) in [5, 5.41) is 11.9. The highest BCUT2D eigenvalue weighted by Gasteiger charge is 2.40. The number of aliphatic hydroxyl groups is 1. The molecule has 0 radical (unpaired) electrons. The van der Waals surface area contributed by atoms with Crippen molar-refractivity contribution in [3.05, 3.63) is 41.2 Å². The fourth-order valence-corrected chi connectivity index (χ4v) is 4.99. The molecule has 0 bridgehead atoms. The summed E-state index contributed by atoms with van der Waals surface area (Å²) in [7, 11) is 1.26. The third-order valence-electron chi connectivity index (χ3n) is 7.35. The Labute approximate surface area is 227 Å². The molecule has 1 atom stereocenters. The highest BCUT2D eigenvalue weighted by atomic mass is 19.4. The first-order valence-electron chi connectivity index (χ1n) is 13.0. The molecule has 2 fully saturated rings. The van der Waals surface area contributed by atoms with Crippen LogP contribution < -0.4 is 19.9 Å². The second-order valence-corrected chi connectivity index (χ2v) is 9.91. The van der Waals surface area contributed by atoms with Gasteiger partial charge in [-0.15, -0.1) is 0 Å². The van der Waals surface area contributed by atoms with E-state index in [2.05, 4.69) is 15.3 Å². The molecule has 40 heavy (non-hydrogen) atoms. The van der Waals surface area contributed by atoms with E-state index in [9.17, 15) is 31.1 Å². The number of alkyl halides is 6. The fourth-order valence-electron chi connectivity index (χ4n) is 4.99. The van der Waals surface area contributed by atoms with Gasteiger partial charge in [0.25, 0.3) is 0 Å². The maximum Gasteiger partial charge on any atom is 0.451 e. The van der Waals surface area contributed by atoms with E-state index in [0.29, 0.717) is 44.0 Å². The van der Waals surface area contributed by atoms with E-state index in [1.165, 1.54) is 24.1 Å². The number of methoxy groups -OCH3 is 1. The molecule has 1 aromatic carbocycles. The quantitative estimate of drug-likeness (QED) is 0.436. The summed E-state index contributed by atoms with van der Waals surface area (Å²) in [5.41, 5.74) is -0.376. The number of hydrogen-bond acceptors (Lipinski definition) is 7. The summed E-state index contributed by atoms with van der Waals surface area (Å²) in [6.07, 6.45) is -6.60. The predicted octanol–water partition coefficient (Wildman–Crippen LogP) is 4.06. The number of piperidine rings is 1. The molecular weight excluding hydrogens is 544 g/mol. The molecule has 14 heteroatoms. The van der Waals surface area contributed by atoms with Crippen LogP contribution in [-0.4, -0.2) is 66.9 Å². The molecule has 2 saturated heterocycles. The van der Waals surface area contributed by atoms with Gasteiger partial charge in [0.05, 0.1) is 12.7 Å². The average molecular weight is 576 g/mol. The van der Waals surface area contributed by atoms with Crippen LogP contribution in [0, 0.1) is 5.92 Å². The van der Waals surface area contributed by atoms with Gasteiger partial charge in [-0.1, -0.05) is 6.07 Å². The van der Waals surface area contributed by atoms with E-state index in [1.54, 1.807) is 4.90 Å². The lowest BCUT2D eigenvalue weighted by Crippen LogP contribution is -2.57. The Morgan fingerprint density at radius 3 is 2.30 bits per heavy atom. The number of carbonyl (C=O) groups excluding carboxylic acids is 1. The van der Waals surface area contributed by atoms with Crippen molar-refractivity contribution in [3.63, 3.8) is 0 Å². The van der Waals surface area contributed by atoms with Gasteiger partial charge >= 0.3 is 12.4 Å². The van der Waals surface area contributed by atoms with Crippen molar-refractivity contribution in [2.75, 3.05) is 49.7 Å². The Hall–Kier alpha value is -3.29. The molecular formula is C26H31F6N5O3. The van der Waals surface area contributed by atoms with Crippen molar-refractivity contribution in [1.82, 2.24) is 15.3 Å². The maximum atomic E-state index is 13.7. The zero-order chi connectivity index (χ0) is 29.1. The SMILES string of the molecule is COc1cc(C(F)(F)F)ccc1CCNC(=O)[C@@H]1CCN1c1cc(N2CCC(CCO)CC2)nc(C(F)(F)F)n1. The maximum absolute atomic E-state index is 13.7. The van der Waals surface area contributed by atoms with Crippen LogP contribution in [0.5, 0.6) is 5.75 Å². The highest BCUT2D eigenvalue weighted by molar-refractivity contribution is 5.86. The normalized spacial score (nSPS) is 18.4. The molecule has 0 unspecified atom stereocenters. The average Bonchev–Trinajstić information content (AvgIpc) is 2.87. The summed E-state index contributed by atoms with van der Waals surface area (Å²) in [4.78, 5) is 23.6. The lowest BCUT2D eigenvalue weighted by Gasteiger charge is -2.41. The minimum Gasteiger partial charge on any atom is -0.496 e. The number of amides is 1. The van der Waals surface area contributed by atoms with Crippen molar-refractivity contribution in [1.29, 1.82) is 0 Å². The first-order valence-corrected chi connectivity index (χ1v) is 13.0. The number of anilines is 2. The van der Waals surface area contributed by atoms with Crippen LogP contribution in [0.4, 0.5) is 38.0 Å². The molecule has 2 N–H and O–H groups in total. The molecule has 8 nitrogen and oxygen atoms in total. The lowest BCUT2D eigenvalue weighted by atomic mass is 9.94. The third kappa shape index (κ3) is 6.88. The van der Waals surface area contributed by atoms with Gasteiger partial charge in [-0.25, -0.2) is 9.97 Å². The standard InChI is InChI=1S/C26H31F6N5O3/c1-40-20-14-18(25(27,28)29)3-2-17(20)4-9-33-23(39)19-7-12-37(19)22-15-21(34-24(35-22)26(30,31)32)36-10-5-16(6-11-36)8-13-38/h2-3,14-16,19,38H,4-13H2,1H3,(H,33,39)/t19-/m0/s1. The topological polar surface area (TPSA) is 90.8 Å². The molecule has 3 heterocycles. The van der Waals surface area contributed by atoms with E-state index in [4.69, 9.17) is 9.84 Å². The Bertz CT molecular complexity index is 1180. The third-order valence-corrected chi connectivity index (χ3v) is 7.35. The number of rotatable bonds is 9. The minimum atomic E-state index is -4.77. The van der Waals surface area contributed by atoms with Crippen molar-refractivity contribution in [3.8, 4) is 5.75 Å². The largest absolute Gasteiger partial charge is 0.496 e. The van der Waals surface area contributed by atoms with Gasteiger partial charge in [0, 0.05) is 38.9 Å². The Morgan fingerprint density at radius 2 is 1.73 bits per heavy atom. The van der Waals surface area contributed by atoms with Crippen LogP contribution in [0.3, 0.4) is 0 Å². The van der Waals surface area contributed by atoms with Gasteiger partial charge in [0.1, 0.15) is 23.4 Å². The van der Waals surface area contributed by atoms with Crippen LogP contribution in [-0.2, 0) is 23.6 Å². The zero-order valence-electron chi connectivity index (χ0n) is 21.9. The molecule has 4 rings (SSSR count). The smallest absolute Gasteiger partial charge is 0.451 e. The molecule has 0 aliphatic carbocycles. The van der Waals surface area contributed by atoms with Gasteiger partial charge in [0.15, 0.2) is 0 Å². The molecule has 2 aliphatic heterocycles. The first-order chi connectivity index (χ1) is 18.9. The number of nitrogens with one attached hydrogen (secondary N) is 1. The Balaban J connectivity index is 1.42. The van der Waals surface area contributed by atoms with Gasteiger partial charge in [-0.3, -0.25) is 4.79 Å². The number of hydrogen-bond donors (Lipinski definition) is 2. The van der Waals surface area contributed by atoms with E-state index in [-0.39, 0.29) is 37.0 Å². The van der Waals surface area contributed by atoms with E-state index in [0.717, 1.165) is 25.0 Å². The molecule has 1 amide bonds. The molecule has 220 valence electrons. The van der Waals surface area contributed by atoms with Crippen LogP contribution in [0.2, 0.25) is 0 Å². The molecule has 2 aliphatic rings. The molecule has 2 aromatic rings. The van der Waals surface area contributed by atoms with Crippen LogP contribution >= 0.6 is 0 Å². The number of aromatic nitrogens is 2. The summed E-state index contributed by atoms with van der Waals surface area (Å²) in [6, 6.07) is 3.84. The van der Waals surface area contributed by atoms with Crippen molar-refractivity contribution in [2.45, 2.75) is 50.5 Å². The fraction of sp³-hybridized carbons (Fsp3) is 0.577. The first kappa shape index (κ1) is 29.7. The summed E-state index contributed by atoms with van der Waals surface area (Å²) in [5.74, 6) is -1.21. The van der Waals surface area contributed by atoms with Crippen molar-refractivity contribution < 1.29 is 41.0 Å². The zero-order valence-corrected chi connectivity index (χ0v) is 21.9. The van der Waals surface area contributed by atoms with Gasteiger partial charge in [0.2, 0.25) is 11.7 Å². The van der Waals surface area contributed by atoms with E-state index in [1.807, 2.05) is 0 Å². The summed E-state index contributed by atoms with van der Waals surface area (Å²) in [6.45, 7) is 1.48. The van der Waals surface area contributed by atoms with Crippen molar-refractivity contribution in [2.24, 2.45) is 5.92 Å². The predicted molar refractivity (Wildman–Crippen MR) is 134 cm³/mol. The Morgan fingerprint density at radius 1 is 1.02 bits per heavy atom. The summed E-state index contributed by atoms with van der Waals surface area (Å²) >= 11 is 0. The number of nitrogens with zero attached hydrogens (tertiary/aromatic N) is 4. The van der Waals surface area contributed by atoms with Gasteiger partial charge < -0.3 is 25.0 Å². The van der Waals surface area contributed by atoms with Crippen LogP contribution in [0.15, 0.2) is 24.3 Å². The highest BCUT2D eigenvalue weighted by Crippen LogP contribution is 2.35. The summed E-state index contributed by atoms with van der Waals surface area (Å²) < 4.78 is 84.9. The lowest BCUT2D eigenvalue weighted by molar-refractivity contribution is -0.144. The monoisotopic (exact) mass is 575 g/mol. The molecule has 0 saturated carbocycles. The number of ether oxygens (including phenoxy) is 1. The number of carbonyl (C=O) groups is 1. The van der Waals surface area contributed by atoms with E-state index >= 15 is 0 Å². The second kappa shape index (κ2) is 12.1. The molecule has 1 aromatic heterocycles. The van der Waals surface area contributed by atoms with Crippen molar-refractivity contribution >= 4 is 17.5 Å². The number of halogens is 6. The number of aliphatic hydroxyl groups excluding tert-OH is 1. The Kier molecular flexibility index (Phi) is 8.96. The van der Waals surface area contributed by atoms with Crippen LogP contribution in [0.25, 0.3) is 0 Å². The molecule has 0 spiro atoms. The second-order valence-electron chi connectivity index (χ2n) is 9.91. The van der Waals surface area contributed by atoms with Crippen LogP contribution in [0.1, 0.15) is 42.6 Å².